The quantitative estimate of drug-likeness (QED) is 0.579. The molecule has 0 radical (unpaired) electrons. The van der Waals surface area contributed by atoms with E-state index in [2.05, 4.69) is 10.6 Å². The molecule has 3 aromatic carbocycles. The second-order valence-electron chi connectivity index (χ2n) is 6.40. The predicted molar refractivity (Wildman–Crippen MR) is 113 cm³/mol. The topological polar surface area (TPSA) is 59.6 Å². The molecule has 0 atom stereocenters. The van der Waals surface area contributed by atoms with E-state index < -0.39 is 0 Å². The zero-order valence-electron chi connectivity index (χ0n) is 16.4. The van der Waals surface area contributed by atoms with E-state index in [9.17, 15) is 9.18 Å². The average molecular weight is 394 g/mol. The fraction of sp³-hybridized carbons (Fsp3) is 0.174. The van der Waals surface area contributed by atoms with Crippen LogP contribution in [-0.2, 0) is 6.42 Å². The number of anilines is 2. The molecule has 0 aliphatic carbocycles. The Hall–Kier alpha value is -3.54. The van der Waals surface area contributed by atoms with Crippen molar-refractivity contribution < 1.29 is 18.7 Å². The second kappa shape index (κ2) is 9.59. The molecule has 6 heteroatoms. The lowest BCUT2D eigenvalue weighted by molar-refractivity contribution is 0.102. The first kappa shape index (κ1) is 20.2. The van der Waals surface area contributed by atoms with Crippen molar-refractivity contribution in [2.24, 2.45) is 0 Å². The van der Waals surface area contributed by atoms with Gasteiger partial charge in [0.05, 0.1) is 14.2 Å². The highest BCUT2D eigenvalue weighted by Crippen LogP contribution is 2.28. The van der Waals surface area contributed by atoms with Crippen molar-refractivity contribution >= 4 is 17.3 Å². The molecule has 0 aliphatic rings. The molecule has 0 aromatic heterocycles. The summed E-state index contributed by atoms with van der Waals surface area (Å²) in [6.07, 6.45) is 0.790. The molecule has 0 bridgehead atoms. The molecule has 3 aromatic rings. The fourth-order valence-corrected chi connectivity index (χ4v) is 2.85. The smallest absolute Gasteiger partial charge is 0.255 e. The molecule has 0 aliphatic heterocycles. The SMILES string of the molecule is COc1ccc(C(=O)Nc2ccc(NCCc3ccc(F)cc3)cc2)cc1OC. The van der Waals surface area contributed by atoms with Crippen molar-refractivity contribution in [2.75, 3.05) is 31.4 Å². The van der Waals surface area contributed by atoms with E-state index in [0.29, 0.717) is 22.7 Å². The van der Waals surface area contributed by atoms with Crippen LogP contribution in [0.1, 0.15) is 15.9 Å². The monoisotopic (exact) mass is 394 g/mol. The lowest BCUT2D eigenvalue weighted by atomic mass is 10.1. The number of carbonyl (C=O) groups excluding carboxylic acids is 1. The van der Waals surface area contributed by atoms with Crippen LogP contribution >= 0.6 is 0 Å². The minimum absolute atomic E-state index is 0.229. The third-order valence-electron chi connectivity index (χ3n) is 4.44. The summed E-state index contributed by atoms with van der Waals surface area (Å²) in [4.78, 5) is 12.5. The van der Waals surface area contributed by atoms with E-state index in [-0.39, 0.29) is 11.7 Å². The maximum absolute atomic E-state index is 12.9. The third-order valence-corrected chi connectivity index (χ3v) is 4.44. The van der Waals surface area contributed by atoms with Gasteiger partial charge in [-0.2, -0.15) is 0 Å². The van der Waals surface area contributed by atoms with Crippen molar-refractivity contribution in [1.82, 2.24) is 0 Å². The van der Waals surface area contributed by atoms with Crippen molar-refractivity contribution in [2.45, 2.75) is 6.42 Å². The van der Waals surface area contributed by atoms with Gasteiger partial charge in [0, 0.05) is 23.5 Å². The van der Waals surface area contributed by atoms with Gasteiger partial charge in [0.25, 0.3) is 5.91 Å². The number of nitrogens with one attached hydrogen (secondary N) is 2. The van der Waals surface area contributed by atoms with Gasteiger partial charge in [-0.05, 0) is 66.6 Å². The van der Waals surface area contributed by atoms with Crippen LogP contribution in [0.5, 0.6) is 11.5 Å². The number of halogens is 1. The Kier molecular flexibility index (Phi) is 6.68. The number of hydrogen-bond acceptors (Lipinski definition) is 4. The zero-order valence-corrected chi connectivity index (χ0v) is 16.4. The van der Waals surface area contributed by atoms with E-state index in [1.165, 1.54) is 19.2 Å². The number of ether oxygens (including phenoxy) is 2. The lowest BCUT2D eigenvalue weighted by Gasteiger charge is -2.11. The van der Waals surface area contributed by atoms with E-state index in [4.69, 9.17) is 9.47 Å². The van der Waals surface area contributed by atoms with E-state index in [0.717, 1.165) is 24.2 Å². The molecule has 0 spiro atoms. The Labute approximate surface area is 169 Å². The summed E-state index contributed by atoms with van der Waals surface area (Å²) in [5, 5.41) is 6.17. The molecule has 0 fully saturated rings. The van der Waals surface area contributed by atoms with Crippen molar-refractivity contribution in [3.8, 4) is 11.5 Å². The molecule has 150 valence electrons. The molecule has 0 saturated heterocycles. The molecular formula is C23H23FN2O3. The molecule has 0 saturated carbocycles. The van der Waals surface area contributed by atoms with Gasteiger partial charge in [0.15, 0.2) is 11.5 Å². The fourth-order valence-electron chi connectivity index (χ4n) is 2.85. The summed E-state index contributed by atoms with van der Waals surface area (Å²) in [6.45, 7) is 0.725. The Morgan fingerprint density at radius 3 is 2.17 bits per heavy atom. The van der Waals surface area contributed by atoms with E-state index in [1.807, 2.05) is 24.3 Å². The van der Waals surface area contributed by atoms with Crippen LogP contribution < -0.4 is 20.1 Å². The maximum Gasteiger partial charge on any atom is 0.255 e. The Morgan fingerprint density at radius 2 is 1.52 bits per heavy atom. The number of carbonyl (C=O) groups is 1. The molecule has 5 nitrogen and oxygen atoms in total. The molecule has 29 heavy (non-hydrogen) atoms. The number of benzene rings is 3. The highest BCUT2D eigenvalue weighted by atomic mass is 19.1. The van der Waals surface area contributed by atoms with E-state index >= 15 is 0 Å². The van der Waals surface area contributed by atoms with Crippen LogP contribution in [0.2, 0.25) is 0 Å². The molecule has 2 N–H and O–H groups in total. The van der Waals surface area contributed by atoms with Gasteiger partial charge < -0.3 is 20.1 Å². The summed E-state index contributed by atoms with van der Waals surface area (Å²) < 4.78 is 23.3. The number of hydrogen-bond donors (Lipinski definition) is 2. The summed E-state index contributed by atoms with van der Waals surface area (Å²) >= 11 is 0. The van der Waals surface area contributed by atoms with Crippen LogP contribution in [0.25, 0.3) is 0 Å². The van der Waals surface area contributed by atoms with E-state index in [1.54, 1.807) is 37.4 Å². The summed E-state index contributed by atoms with van der Waals surface area (Å²) in [6, 6.07) is 19.0. The van der Waals surface area contributed by atoms with Crippen LogP contribution in [0.4, 0.5) is 15.8 Å². The van der Waals surface area contributed by atoms with Crippen molar-refractivity contribution in [1.29, 1.82) is 0 Å². The molecule has 0 heterocycles. The van der Waals surface area contributed by atoms with Gasteiger partial charge in [0.1, 0.15) is 5.82 Å². The van der Waals surface area contributed by atoms with Gasteiger partial charge in [0.2, 0.25) is 0 Å². The summed E-state index contributed by atoms with van der Waals surface area (Å²) in [5.41, 5.74) is 3.17. The average Bonchev–Trinajstić information content (AvgIpc) is 2.75. The second-order valence-corrected chi connectivity index (χ2v) is 6.40. The molecule has 3 rings (SSSR count). The number of amides is 1. The van der Waals surface area contributed by atoms with Crippen LogP contribution in [0.15, 0.2) is 66.7 Å². The third kappa shape index (κ3) is 5.48. The van der Waals surface area contributed by atoms with Gasteiger partial charge in [-0.1, -0.05) is 12.1 Å². The van der Waals surface area contributed by atoms with Gasteiger partial charge in [-0.3, -0.25) is 4.79 Å². The summed E-state index contributed by atoms with van der Waals surface area (Å²) in [7, 11) is 3.08. The standard InChI is InChI=1S/C23H23FN2O3/c1-28-21-12-5-17(15-22(21)29-2)23(27)26-20-10-8-19(9-11-20)25-14-13-16-3-6-18(24)7-4-16/h3-12,15,25H,13-14H2,1-2H3,(H,26,27). The number of rotatable bonds is 8. The van der Waals surface area contributed by atoms with Crippen LogP contribution in [0.3, 0.4) is 0 Å². The molecule has 1 amide bonds. The maximum atomic E-state index is 12.9. The number of methoxy groups -OCH3 is 2. The largest absolute Gasteiger partial charge is 0.493 e. The molecular weight excluding hydrogens is 371 g/mol. The minimum Gasteiger partial charge on any atom is -0.493 e. The first-order valence-electron chi connectivity index (χ1n) is 9.21. The summed E-state index contributed by atoms with van der Waals surface area (Å²) in [5.74, 6) is 0.608. The van der Waals surface area contributed by atoms with Crippen molar-refractivity contribution in [3.05, 3.63) is 83.7 Å². The normalized spacial score (nSPS) is 10.3. The predicted octanol–water partition coefficient (Wildman–Crippen LogP) is 4.75. The first-order chi connectivity index (χ1) is 14.1. The van der Waals surface area contributed by atoms with Crippen LogP contribution in [-0.4, -0.2) is 26.7 Å². The van der Waals surface area contributed by atoms with Gasteiger partial charge in [-0.25, -0.2) is 4.39 Å². The van der Waals surface area contributed by atoms with Crippen molar-refractivity contribution in [3.63, 3.8) is 0 Å². The Morgan fingerprint density at radius 1 is 0.862 bits per heavy atom. The zero-order chi connectivity index (χ0) is 20.6. The Bertz CT molecular complexity index is 957. The lowest BCUT2D eigenvalue weighted by Crippen LogP contribution is -2.12. The van der Waals surface area contributed by atoms with Crippen LogP contribution in [0, 0.1) is 5.82 Å². The van der Waals surface area contributed by atoms with Gasteiger partial charge >= 0.3 is 0 Å². The minimum atomic E-state index is -0.233. The Balaban J connectivity index is 1.54. The first-order valence-corrected chi connectivity index (χ1v) is 9.21. The molecule has 0 unspecified atom stereocenters. The van der Waals surface area contributed by atoms with Gasteiger partial charge in [-0.15, -0.1) is 0 Å². The highest BCUT2D eigenvalue weighted by molar-refractivity contribution is 6.04. The highest BCUT2D eigenvalue weighted by Gasteiger charge is 2.11.